The monoisotopic (exact) mass is 363 g/mol. The van der Waals surface area contributed by atoms with Gasteiger partial charge in [-0.05, 0) is 36.6 Å². The Morgan fingerprint density at radius 2 is 1.92 bits per heavy atom. The molecule has 1 heterocycles. The van der Waals surface area contributed by atoms with Crippen molar-refractivity contribution in [2.75, 3.05) is 34.0 Å². The summed E-state index contributed by atoms with van der Waals surface area (Å²) in [6.45, 7) is 1.36. The molecule has 1 N–H and O–H groups in total. The first-order valence-electron chi connectivity index (χ1n) is 8.55. The lowest BCUT2D eigenvalue weighted by Gasteiger charge is -2.33. The Morgan fingerprint density at radius 3 is 2.54 bits per heavy atom. The maximum atomic E-state index is 12.7. The molecule has 7 heteroatoms. The largest absolute Gasteiger partial charge is 0.493 e. The van der Waals surface area contributed by atoms with Gasteiger partial charge in [-0.1, -0.05) is 6.07 Å². The lowest BCUT2D eigenvalue weighted by molar-refractivity contribution is -0.138. The van der Waals surface area contributed by atoms with Gasteiger partial charge in [-0.3, -0.25) is 9.59 Å². The van der Waals surface area contributed by atoms with E-state index in [1.165, 1.54) is 6.08 Å². The van der Waals surface area contributed by atoms with Crippen LogP contribution in [-0.4, -0.2) is 61.9 Å². The third-order valence-electron chi connectivity index (χ3n) is 4.31. The van der Waals surface area contributed by atoms with Gasteiger partial charge in [0.1, 0.15) is 0 Å². The molecular weight excluding hydrogens is 338 g/mol. The summed E-state index contributed by atoms with van der Waals surface area (Å²) < 4.78 is 15.8. The van der Waals surface area contributed by atoms with Gasteiger partial charge in [-0.15, -0.1) is 0 Å². The molecule has 7 nitrogen and oxygen atoms in total. The molecule has 1 amide bonds. The number of amides is 1. The zero-order valence-electron chi connectivity index (χ0n) is 15.1. The van der Waals surface area contributed by atoms with Gasteiger partial charge in [0.15, 0.2) is 11.5 Å². The maximum absolute atomic E-state index is 12.7. The Hall–Kier alpha value is -2.54. The first-order valence-corrected chi connectivity index (χ1v) is 8.55. The van der Waals surface area contributed by atoms with Crippen LogP contribution in [-0.2, 0) is 14.3 Å². The highest BCUT2D eigenvalue weighted by molar-refractivity contribution is 5.92. The molecule has 1 aromatic rings. The van der Waals surface area contributed by atoms with Gasteiger partial charge in [-0.25, -0.2) is 0 Å². The zero-order chi connectivity index (χ0) is 18.9. The predicted octanol–water partition coefficient (Wildman–Crippen LogP) is 2.20. The highest BCUT2D eigenvalue weighted by atomic mass is 16.5. The molecule has 1 aliphatic rings. The molecule has 142 valence electrons. The number of carbonyl (C=O) groups is 2. The molecule has 0 spiro atoms. The Morgan fingerprint density at radius 1 is 1.23 bits per heavy atom. The number of benzene rings is 1. The first kappa shape index (κ1) is 19.8. The third kappa shape index (κ3) is 5.49. The lowest BCUT2D eigenvalue weighted by atomic mass is 10.1. The summed E-state index contributed by atoms with van der Waals surface area (Å²) in [5, 5.41) is 8.95. The molecule has 1 fully saturated rings. The van der Waals surface area contributed by atoms with Crippen molar-refractivity contribution >= 4 is 18.0 Å². The molecule has 1 aromatic carbocycles. The molecule has 0 aromatic heterocycles. The van der Waals surface area contributed by atoms with Crippen molar-refractivity contribution in [2.24, 2.45) is 0 Å². The molecule has 0 atom stereocenters. The van der Waals surface area contributed by atoms with E-state index < -0.39 is 5.97 Å². The van der Waals surface area contributed by atoms with Crippen molar-refractivity contribution in [3.8, 4) is 11.5 Å². The van der Waals surface area contributed by atoms with Gasteiger partial charge in [0.05, 0.1) is 20.6 Å². The number of hydrogen-bond donors (Lipinski definition) is 1. The number of carboxylic acids is 1. The lowest BCUT2D eigenvalue weighted by Crippen LogP contribution is -2.43. The number of aliphatic carboxylic acids is 1. The molecule has 0 aliphatic carbocycles. The third-order valence-corrected chi connectivity index (χ3v) is 4.31. The van der Waals surface area contributed by atoms with E-state index in [1.807, 2.05) is 6.07 Å². The number of methoxy groups -OCH3 is 2. The van der Waals surface area contributed by atoms with Crippen molar-refractivity contribution in [2.45, 2.75) is 25.3 Å². The highest BCUT2D eigenvalue weighted by Crippen LogP contribution is 2.28. The summed E-state index contributed by atoms with van der Waals surface area (Å²) in [7, 11) is 3.11. The normalized spacial score (nSPS) is 15.0. The first-order chi connectivity index (χ1) is 12.5. The quantitative estimate of drug-likeness (QED) is 0.713. The second-order valence-corrected chi connectivity index (χ2v) is 5.97. The molecule has 1 saturated heterocycles. The van der Waals surface area contributed by atoms with Gasteiger partial charge in [0.2, 0.25) is 5.91 Å². The van der Waals surface area contributed by atoms with Crippen LogP contribution in [0.1, 0.15) is 24.8 Å². The topological polar surface area (TPSA) is 85.3 Å². The van der Waals surface area contributed by atoms with Gasteiger partial charge < -0.3 is 24.2 Å². The number of carboxylic acid groups (broad SMARTS) is 1. The van der Waals surface area contributed by atoms with E-state index in [9.17, 15) is 9.59 Å². The minimum Gasteiger partial charge on any atom is -0.493 e. The van der Waals surface area contributed by atoms with E-state index in [4.69, 9.17) is 19.3 Å². The van der Waals surface area contributed by atoms with Crippen LogP contribution in [0.5, 0.6) is 11.5 Å². The Balaban J connectivity index is 2.11. The summed E-state index contributed by atoms with van der Waals surface area (Å²) >= 11 is 0. The fraction of sp³-hybridized carbons (Fsp3) is 0.474. The average Bonchev–Trinajstić information content (AvgIpc) is 2.66. The van der Waals surface area contributed by atoms with Crippen LogP contribution in [0.15, 0.2) is 24.3 Å². The number of rotatable bonds is 8. The van der Waals surface area contributed by atoms with Crippen molar-refractivity contribution in [1.29, 1.82) is 0 Å². The van der Waals surface area contributed by atoms with E-state index in [-0.39, 0.29) is 24.9 Å². The van der Waals surface area contributed by atoms with Crippen molar-refractivity contribution in [3.63, 3.8) is 0 Å². The van der Waals surface area contributed by atoms with Crippen LogP contribution in [0.3, 0.4) is 0 Å². The SMILES string of the molecule is COc1ccc(/C=C/C(=O)N(CCC(=O)O)C2CCOCC2)cc1OC. The van der Waals surface area contributed by atoms with Crippen molar-refractivity contribution in [1.82, 2.24) is 4.90 Å². The Bertz CT molecular complexity index is 651. The van der Waals surface area contributed by atoms with Gasteiger partial charge in [0.25, 0.3) is 0 Å². The van der Waals surface area contributed by atoms with Crippen LogP contribution in [0.2, 0.25) is 0 Å². The minimum atomic E-state index is -0.918. The molecule has 0 radical (unpaired) electrons. The number of ether oxygens (including phenoxy) is 3. The molecular formula is C19H25NO6. The number of hydrogen-bond acceptors (Lipinski definition) is 5. The number of carbonyl (C=O) groups excluding carboxylic acids is 1. The van der Waals surface area contributed by atoms with E-state index in [0.717, 1.165) is 18.4 Å². The van der Waals surface area contributed by atoms with Crippen LogP contribution >= 0.6 is 0 Å². The summed E-state index contributed by atoms with van der Waals surface area (Å²) in [5.74, 6) is 0.0715. The van der Waals surface area contributed by atoms with Gasteiger partial charge in [-0.2, -0.15) is 0 Å². The predicted molar refractivity (Wildman–Crippen MR) is 96.4 cm³/mol. The molecule has 0 unspecified atom stereocenters. The number of nitrogens with zero attached hydrogens (tertiary/aromatic N) is 1. The average molecular weight is 363 g/mol. The zero-order valence-corrected chi connectivity index (χ0v) is 15.1. The molecule has 2 rings (SSSR count). The summed E-state index contributed by atoms with van der Waals surface area (Å²) in [4.78, 5) is 25.2. The fourth-order valence-corrected chi connectivity index (χ4v) is 2.91. The summed E-state index contributed by atoms with van der Waals surface area (Å²) in [6, 6.07) is 5.37. The molecule has 0 saturated carbocycles. The smallest absolute Gasteiger partial charge is 0.305 e. The highest BCUT2D eigenvalue weighted by Gasteiger charge is 2.24. The van der Waals surface area contributed by atoms with E-state index in [0.29, 0.717) is 24.7 Å². The second kappa shape index (κ2) is 9.82. The fourth-order valence-electron chi connectivity index (χ4n) is 2.91. The van der Waals surface area contributed by atoms with E-state index >= 15 is 0 Å². The van der Waals surface area contributed by atoms with Gasteiger partial charge >= 0.3 is 5.97 Å². The Labute approximate surface area is 153 Å². The van der Waals surface area contributed by atoms with E-state index in [2.05, 4.69) is 0 Å². The summed E-state index contributed by atoms with van der Waals surface area (Å²) in [6.07, 6.45) is 4.52. The van der Waals surface area contributed by atoms with Gasteiger partial charge in [0, 0.05) is 31.9 Å². The second-order valence-electron chi connectivity index (χ2n) is 5.97. The summed E-state index contributed by atoms with van der Waals surface area (Å²) in [5.41, 5.74) is 0.793. The van der Waals surface area contributed by atoms with Crippen LogP contribution in [0.4, 0.5) is 0 Å². The molecule has 1 aliphatic heterocycles. The van der Waals surface area contributed by atoms with Crippen molar-refractivity contribution in [3.05, 3.63) is 29.8 Å². The van der Waals surface area contributed by atoms with E-state index in [1.54, 1.807) is 37.3 Å². The molecule has 26 heavy (non-hydrogen) atoms. The van der Waals surface area contributed by atoms with Crippen LogP contribution in [0.25, 0.3) is 6.08 Å². The molecule has 0 bridgehead atoms. The van der Waals surface area contributed by atoms with Crippen LogP contribution < -0.4 is 9.47 Å². The Kier molecular flexibility index (Phi) is 7.47. The standard InChI is InChI=1S/C19H25NO6/c1-24-16-5-3-14(13-17(16)25-2)4-6-18(21)20(10-7-19(22)23)15-8-11-26-12-9-15/h3-6,13,15H,7-12H2,1-2H3,(H,22,23)/b6-4+. The minimum absolute atomic E-state index is 0.00523. The maximum Gasteiger partial charge on any atom is 0.305 e. The van der Waals surface area contributed by atoms with Crippen LogP contribution in [0, 0.1) is 0 Å². The van der Waals surface area contributed by atoms with Crippen molar-refractivity contribution < 1.29 is 28.9 Å².